The van der Waals surface area contributed by atoms with Gasteiger partial charge in [0.1, 0.15) is 6.04 Å². The van der Waals surface area contributed by atoms with Crippen molar-refractivity contribution in [2.24, 2.45) is 5.41 Å². The number of benzene rings is 3. The van der Waals surface area contributed by atoms with Crippen molar-refractivity contribution < 1.29 is 14.5 Å². The van der Waals surface area contributed by atoms with Crippen molar-refractivity contribution >= 4 is 29.1 Å². The van der Waals surface area contributed by atoms with Gasteiger partial charge in [0.2, 0.25) is 5.91 Å². The average molecular weight is 534 g/mol. The Bertz CT molecular complexity index is 1330. The van der Waals surface area contributed by atoms with Crippen LogP contribution in [-0.4, -0.2) is 40.8 Å². The molecule has 0 aliphatic carbocycles. The van der Waals surface area contributed by atoms with E-state index in [1.807, 2.05) is 49.9 Å². The highest BCUT2D eigenvalue weighted by atomic mass is 35.5. The number of nitrogens with zero attached hydrogens (tertiary/aromatic N) is 2. The third-order valence-electron chi connectivity index (χ3n) is 7.07. The van der Waals surface area contributed by atoms with E-state index in [2.05, 4.69) is 5.32 Å². The second-order valence-corrected chi connectivity index (χ2v) is 11.2. The average Bonchev–Trinajstić information content (AvgIpc) is 2.91. The predicted molar refractivity (Wildman–Crippen MR) is 149 cm³/mol. The fourth-order valence-corrected chi connectivity index (χ4v) is 5.04. The molecule has 1 aliphatic heterocycles. The minimum Gasteiger partial charge on any atom is -0.341 e. The van der Waals surface area contributed by atoms with E-state index in [4.69, 9.17) is 11.6 Å². The summed E-state index contributed by atoms with van der Waals surface area (Å²) in [6.45, 7) is 7.02. The first-order chi connectivity index (χ1) is 18.0. The van der Waals surface area contributed by atoms with Gasteiger partial charge in [-0.05, 0) is 65.6 Å². The van der Waals surface area contributed by atoms with Crippen LogP contribution in [0.5, 0.6) is 0 Å². The second-order valence-electron chi connectivity index (χ2n) is 10.8. The molecule has 0 aromatic heterocycles. The van der Waals surface area contributed by atoms with Crippen LogP contribution in [0.4, 0.5) is 5.69 Å². The molecule has 0 saturated carbocycles. The molecule has 0 unspecified atom stereocenters. The molecule has 2 amide bonds. The van der Waals surface area contributed by atoms with Gasteiger partial charge in [-0.25, -0.2) is 0 Å². The van der Waals surface area contributed by atoms with E-state index in [1.54, 1.807) is 42.5 Å². The van der Waals surface area contributed by atoms with Crippen molar-refractivity contribution in [3.05, 3.63) is 99.1 Å². The summed E-state index contributed by atoms with van der Waals surface area (Å²) in [5.74, 6) is -0.131. The van der Waals surface area contributed by atoms with Gasteiger partial charge in [-0.3, -0.25) is 19.7 Å². The Balaban J connectivity index is 1.48. The summed E-state index contributed by atoms with van der Waals surface area (Å²) in [5.41, 5.74) is 2.00. The van der Waals surface area contributed by atoms with Gasteiger partial charge in [-0.15, -0.1) is 0 Å². The molecule has 1 N–H and O–H groups in total. The fraction of sp³-hybridized carbons (Fsp3) is 0.333. The molecule has 0 spiro atoms. The third-order valence-corrected chi connectivity index (χ3v) is 7.32. The molecule has 1 atom stereocenters. The summed E-state index contributed by atoms with van der Waals surface area (Å²) in [6.07, 6.45) is 1.69. The number of para-hydroxylation sites is 1. The van der Waals surface area contributed by atoms with Crippen molar-refractivity contribution in [1.29, 1.82) is 0 Å². The molecular weight excluding hydrogens is 502 g/mol. The van der Waals surface area contributed by atoms with Crippen LogP contribution in [-0.2, 0) is 4.79 Å². The SMILES string of the molecule is CC(C)(C)[C@@H](NC(=O)c1cccc(-c2ccccc2[N+](=O)[O-])c1)C(=O)N1CCC(c2ccc(Cl)cc2)CC1. The van der Waals surface area contributed by atoms with Gasteiger partial charge in [0, 0.05) is 29.7 Å². The van der Waals surface area contributed by atoms with Gasteiger partial charge in [-0.1, -0.05) is 68.8 Å². The number of nitro benzene ring substituents is 1. The molecule has 38 heavy (non-hydrogen) atoms. The number of rotatable bonds is 6. The topological polar surface area (TPSA) is 92.5 Å². The van der Waals surface area contributed by atoms with E-state index >= 15 is 0 Å². The van der Waals surface area contributed by atoms with Crippen molar-refractivity contribution in [2.75, 3.05) is 13.1 Å². The number of piperidine rings is 1. The van der Waals surface area contributed by atoms with Gasteiger partial charge in [0.15, 0.2) is 0 Å². The summed E-state index contributed by atoms with van der Waals surface area (Å²) in [4.78, 5) is 39.8. The molecule has 8 heteroatoms. The Labute approximate surface area is 228 Å². The number of nitro groups is 1. The van der Waals surface area contributed by atoms with Crippen LogP contribution in [0.1, 0.15) is 55.5 Å². The molecule has 1 saturated heterocycles. The lowest BCUT2D eigenvalue weighted by molar-refractivity contribution is -0.384. The molecule has 4 rings (SSSR count). The molecule has 0 bridgehead atoms. The predicted octanol–water partition coefficient (Wildman–Crippen LogP) is 6.47. The first-order valence-electron chi connectivity index (χ1n) is 12.7. The van der Waals surface area contributed by atoms with Crippen LogP contribution in [0.3, 0.4) is 0 Å². The Morgan fingerprint density at radius 3 is 2.29 bits per heavy atom. The number of hydrogen-bond donors (Lipinski definition) is 1. The van der Waals surface area contributed by atoms with Crippen molar-refractivity contribution in [1.82, 2.24) is 10.2 Å². The molecule has 0 radical (unpaired) electrons. The molecule has 3 aromatic carbocycles. The Morgan fingerprint density at radius 1 is 1.00 bits per heavy atom. The van der Waals surface area contributed by atoms with Crippen molar-refractivity contribution in [3.8, 4) is 11.1 Å². The summed E-state index contributed by atoms with van der Waals surface area (Å²) < 4.78 is 0. The molecular formula is C30H32ClN3O4. The van der Waals surface area contributed by atoms with Crippen LogP contribution in [0.15, 0.2) is 72.8 Å². The number of hydrogen-bond acceptors (Lipinski definition) is 4. The quantitative estimate of drug-likeness (QED) is 0.290. The minimum atomic E-state index is -0.725. The lowest BCUT2D eigenvalue weighted by atomic mass is 9.84. The maximum Gasteiger partial charge on any atom is 0.277 e. The van der Waals surface area contributed by atoms with E-state index in [0.717, 1.165) is 12.8 Å². The van der Waals surface area contributed by atoms with E-state index in [0.29, 0.717) is 40.7 Å². The van der Waals surface area contributed by atoms with E-state index in [1.165, 1.54) is 11.6 Å². The number of carbonyl (C=O) groups excluding carboxylic acids is 2. The molecule has 1 aliphatic rings. The number of nitrogens with one attached hydrogen (secondary N) is 1. The molecule has 198 valence electrons. The van der Waals surface area contributed by atoms with Crippen molar-refractivity contribution in [3.63, 3.8) is 0 Å². The van der Waals surface area contributed by atoms with Crippen LogP contribution < -0.4 is 5.32 Å². The van der Waals surface area contributed by atoms with Gasteiger partial charge < -0.3 is 10.2 Å². The smallest absolute Gasteiger partial charge is 0.277 e. The van der Waals surface area contributed by atoms with Crippen LogP contribution in [0.25, 0.3) is 11.1 Å². The number of carbonyl (C=O) groups is 2. The first-order valence-corrected chi connectivity index (χ1v) is 13.1. The number of amides is 2. The van der Waals surface area contributed by atoms with Gasteiger partial charge in [-0.2, -0.15) is 0 Å². The standard InChI is InChI=1S/C30H32ClN3O4/c1-30(2,3)27(29(36)33-17-15-21(16-18-33)20-11-13-24(31)14-12-20)32-28(35)23-8-6-7-22(19-23)25-9-4-5-10-26(25)34(37)38/h4-14,19,21,27H,15-18H2,1-3H3,(H,32,35)/t27-/m0/s1. The van der Waals surface area contributed by atoms with Crippen LogP contribution in [0, 0.1) is 15.5 Å². The largest absolute Gasteiger partial charge is 0.341 e. The summed E-state index contributed by atoms with van der Waals surface area (Å²) in [7, 11) is 0. The minimum absolute atomic E-state index is 0.0326. The molecule has 1 heterocycles. The first kappa shape index (κ1) is 27.3. The number of likely N-dealkylation sites (tertiary alicyclic amines) is 1. The highest BCUT2D eigenvalue weighted by molar-refractivity contribution is 6.30. The maximum absolute atomic E-state index is 13.6. The van der Waals surface area contributed by atoms with Crippen molar-refractivity contribution in [2.45, 2.75) is 45.6 Å². The summed E-state index contributed by atoms with van der Waals surface area (Å²) in [6, 6.07) is 20.3. The van der Waals surface area contributed by atoms with E-state index in [-0.39, 0.29) is 11.6 Å². The molecule has 7 nitrogen and oxygen atoms in total. The molecule has 1 fully saturated rings. The van der Waals surface area contributed by atoms with Crippen LogP contribution in [0.2, 0.25) is 5.02 Å². The zero-order valence-electron chi connectivity index (χ0n) is 21.8. The summed E-state index contributed by atoms with van der Waals surface area (Å²) in [5, 5.41) is 15.2. The fourth-order valence-electron chi connectivity index (χ4n) is 4.92. The Morgan fingerprint density at radius 2 is 1.66 bits per heavy atom. The second kappa shape index (κ2) is 11.4. The lowest BCUT2D eigenvalue weighted by Gasteiger charge is -2.38. The maximum atomic E-state index is 13.6. The van der Waals surface area contributed by atoms with E-state index < -0.39 is 22.3 Å². The summed E-state index contributed by atoms with van der Waals surface area (Å²) >= 11 is 6.02. The Hall–Kier alpha value is -3.71. The van der Waals surface area contributed by atoms with E-state index in [9.17, 15) is 19.7 Å². The van der Waals surface area contributed by atoms with Crippen LogP contribution >= 0.6 is 11.6 Å². The van der Waals surface area contributed by atoms with Gasteiger partial charge in [0.05, 0.1) is 10.5 Å². The number of halogens is 1. The zero-order valence-corrected chi connectivity index (χ0v) is 22.6. The highest BCUT2D eigenvalue weighted by Gasteiger charge is 2.37. The highest BCUT2D eigenvalue weighted by Crippen LogP contribution is 2.32. The monoisotopic (exact) mass is 533 g/mol. The Kier molecular flexibility index (Phi) is 8.17. The third kappa shape index (κ3) is 6.22. The normalized spacial score (nSPS) is 15.1. The molecule has 3 aromatic rings. The van der Waals surface area contributed by atoms with Gasteiger partial charge >= 0.3 is 0 Å². The lowest BCUT2D eigenvalue weighted by Crippen LogP contribution is -2.56. The zero-order chi connectivity index (χ0) is 27.4. The van der Waals surface area contributed by atoms with Gasteiger partial charge in [0.25, 0.3) is 11.6 Å².